The molecule has 8 nitrogen and oxygen atoms in total. The van der Waals surface area contributed by atoms with Gasteiger partial charge in [0.1, 0.15) is 5.76 Å². The highest BCUT2D eigenvalue weighted by atomic mass is 16.5. The molecule has 0 spiro atoms. The van der Waals surface area contributed by atoms with E-state index in [-0.39, 0.29) is 17.7 Å². The molecule has 0 aliphatic carbocycles. The molecule has 0 bridgehead atoms. The Kier molecular flexibility index (Phi) is 4.89. The third kappa shape index (κ3) is 3.85. The van der Waals surface area contributed by atoms with Crippen LogP contribution >= 0.6 is 0 Å². The van der Waals surface area contributed by atoms with Gasteiger partial charge in [-0.25, -0.2) is 0 Å². The second-order valence-electron chi connectivity index (χ2n) is 7.19. The first-order valence-corrected chi connectivity index (χ1v) is 9.23. The molecule has 0 saturated carbocycles. The van der Waals surface area contributed by atoms with Crippen LogP contribution in [-0.4, -0.2) is 75.9 Å². The lowest BCUT2D eigenvalue weighted by atomic mass is 9.97. The summed E-state index contributed by atoms with van der Waals surface area (Å²) in [6.45, 7) is 6.74. The number of aromatic nitrogens is 2. The van der Waals surface area contributed by atoms with Crippen LogP contribution in [0.5, 0.6) is 0 Å². The summed E-state index contributed by atoms with van der Waals surface area (Å²) in [5.74, 6) is 0.488. The Morgan fingerprint density at radius 3 is 2.44 bits per heavy atom. The number of rotatable bonds is 4. The number of aryl methyl sites for hydroxylation is 1. The van der Waals surface area contributed by atoms with Crippen molar-refractivity contribution in [3.63, 3.8) is 0 Å². The van der Waals surface area contributed by atoms with Gasteiger partial charge in [0.25, 0.3) is 5.91 Å². The van der Waals surface area contributed by atoms with Gasteiger partial charge in [0.05, 0.1) is 5.92 Å². The summed E-state index contributed by atoms with van der Waals surface area (Å²) >= 11 is 0. The van der Waals surface area contributed by atoms with E-state index in [1.807, 2.05) is 17.0 Å². The lowest BCUT2D eigenvalue weighted by molar-refractivity contribution is -0.141. The maximum atomic E-state index is 12.7. The quantitative estimate of drug-likeness (QED) is 0.793. The van der Waals surface area contributed by atoms with Crippen LogP contribution in [0.25, 0.3) is 0 Å². The molecule has 142 valence electrons. The Balaban J connectivity index is 1.23. The fourth-order valence-corrected chi connectivity index (χ4v) is 3.56. The van der Waals surface area contributed by atoms with E-state index in [4.69, 9.17) is 4.52 Å². The van der Waals surface area contributed by atoms with Crippen molar-refractivity contribution < 1.29 is 14.1 Å². The molecule has 2 aliphatic rings. The van der Waals surface area contributed by atoms with Gasteiger partial charge in [-0.15, -0.1) is 0 Å². The second-order valence-corrected chi connectivity index (χ2v) is 7.19. The van der Waals surface area contributed by atoms with Gasteiger partial charge in [-0.2, -0.15) is 0 Å². The van der Waals surface area contributed by atoms with E-state index in [0.717, 1.165) is 32.7 Å². The summed E-state index contributed by atoms with van der Waals surface area (Å²) in [6.07, 6.45) is 3.61. The fraction of sp³-hybridized carbons (Fsp3) is 0.474. The molecule has 0 unspecified atom stereocenters. The molecule has 4 rings (SSSR count). The van der Waals surface area contributed by atoms with Crippen LogP contribution in [0.15, 0.2) is 35.1 Å². The van der Waals surface area contributed by atoms with E-state index in [1.54, 1.807) is 30.3 Å². The van der Waals surface area contributed by atoms with Crippen molar-refractivity contribution >= 4 is 11.8 Å². The van der Waals surface area contributed by atoms with Crippen LogP contribution < -0.4 is 0 Å². The van der Waals surface area contributed by atoms with Gasteiger partial charge in [-0.3, -0.25) is 19.5 Å². The lowest BCUT2D eigenvalue weighted by Crippen LogP contribution is -2.59. The van der Waals surface area contributed by atoms with Gasteiger partial charge in [-0.05, 0) is 24.6 Å². The van der Waals surface area contributed by atoms with Crippen molar-refractivity contribution in [2.45, 2.75) is 13.5 Å². The summed E-state index contributed by atoms with van der Waals surface area (Å²) in [5, 5.41) is 3.75. The average molecular weight is 369 g/mol. The monoisotopic (exact) mass is 369 g/mol. The molecule has 0 radical (unpaired) electrons. The zero-order valence-electron chi connectivity index (χ0n) is 15.4. The van der Waals surface area contributed by atoms with E-state index in [2.05, 4.69) is 15.0 Å². The molecule has 0 aromatic carbocycles. The highest BCUT2D eigenvalue weighted by molar-refractivity contribution is 5.94. The minimum atomic E-state index is -0.168. The van der Waals surface area contributed by atoms with Crippen LogP contribution in [0.1, 0.15) is 21.8 Å². The van der Waals surface area contributed by atoms with Gasteiger partial charge in [-0.1, -0.05) is 5.16 Å². The largest absolute Gasteiger partial charge is 0.361 e. The number of piperazine rings is 1. The first kappa shape index (κ1) is 17.7. The minimum absolute atomic E-state index is 0.103. The molecule has 27 heavy (non-hydrogen) atoms. The zero-order chi connectivity index (χ0) is 18.8. The minimum Gasteiger partial charge on any atom is -0.361 e. The summed E-state index contributed by atoms with van der Waals surface area (Å²) in [6, 6.07) is 5.67. The number of pyridine rings is 1. The summed E-state index contributed by atoms with van der Waals surface area (Å²) < 4.78 is 4.95. The smallest absolute Gasteiger partial charge is 0.276 e. The zero-order valence-corrected chi connectivity index (χ0v) is 15.4. The molecule has 2 fully saturated rings. The Hall–Kier alpha value is -2.74. The van der Waals surface area contributed by atoms with Gasteiger partial charge in [0.15, 0.2) is 5.69 Å². The average Bonchev–Trinajstić information content (AvgIpc) is 3.08. The third-order valence-electron chi connectivity index (χ3n) is 5.20. The van der Waals surface area contributed by atoms with Gasteiger partial charge < -0.3 is 14.3 Å². The van der Waals surface area contributed by atoms with Crippen LogP contribution in [0.2, 0.25) is 0 Å². The SMILES string of the molecule is Cc1cc(C(=O)N2CC(C(=O)N3CCN(Cc4ccncc4)CC3)C2)no1. The normalized spacial score (nSPS) is 18.4. The predicted octanol–water partition coefficient (Wildman–Crippen LogP) is 0.794. The second kappa shape index (κ2) is 7.48. The standard InChI is InChI=1S/C19H23N5O3/c1-14-10-17(21-27-14)19(26)24-12-16(13-24)18(25)23-8-6-22(7-9-23)11-15-2-4-20-5-3-15/h2-5,10,16H,6-9,11-13H2,1H3. The highest BCUT2D eigenvalue weighted by Gasteiger charge is 2.39. The molecule has 2 amide bonds. The maximum Gasteiger partial charge on any atom is 0.276 e. The number of hydrogen-bond donors (Lipinski definition) is 0. The number of likely N-dealkylation sites (tertiary alicyclic amines) is 1. The van der Waals surface area contributed by atoms with Crippen molar-refractivity contribution in [1.29, 1.82) is 0 Å². The van der Waals surface area contributed by atoms with E-state index in [9.17, 15) is 9.59 Å². The number of carbonyl (C=O) groups excluding carboxylic acids is 2. The van der Waals surface area contributed by atoms with Crippen molar-refractivity contribution in [1.82, 2.24) is 24.8 Å². The molecule has 2 aromatic rings. The maximum absolute atomic E-state index is 12.7. The summed E-state index contributed by atoms with van der Waals surface area (Å²) in [5.41, 5.74) is 1.55. The number of carbonyl (C=O) groups is 2. The molecule has 2 aliphatic heterocycles. The predicted molar refractivity (Wildman–Crippen MR) is 96.7 cm³/mol. The third-order valence-corrected chi connectivity index (χ3v) is 5.20. The molecule has 2 saturated heterocycles. The number of nitrogens with zero attached hydrogens (tertiary/aromatic N) is 5. The molecule has 4 heterocycles. The van der Waals surface area contributed by atoms with E-state index >= 15 is 0 Å². The van der Waals surface area contributed by atoms with Gasteiger partial charge in [0, 0.05) is 64.3 Å². The Bertz CT molecular complexity index is 808. The number of hydrogen-bond acceptors (Lipinski definition) is 6. The molecule has 2 aromatic heterocycles. The topological polar surface area (TPSA) is 82.8 Å². The Morgan fingerprint density at radius 1 is 1.11 bits per heavy atom. The molecular formula is C19H23N5O3. The van der Waals surface area contributed by atoms with Crippen LogP contribution in [0, 0.1) is 12.8 Å². The molecule has 0 atom stereocenters. The van der Waals surface area contributed by atoms with Crippen LogP contribution in [0.3, 0.4) is 0 Å². The van der Waals surface area contributed by atoms with Gasteiger partial charge >= 0.3 is 0 Å². The van der Waals surface area contributed by atoms with Crippen LogP contribution in [0.4, 0.5) is 0 Å². The van der Waals surface area contributed by atoms with Crippen molar-refractivity contribution in [2.24, 2.45) is 5.92 Å². The summed E-state index contributed by atoms with van der Waals surface area (Å²) in [4.78, 5) is 34.9. The fourth-order valence-electron chi connectivity index (χ4n) is 3.56. The Labute approximate surface area is 157 Å². The Morgan fingerprint density at radius 2 is 1.81 bits per heavy atom. The molecular weight excluding hydrogens is 346 g/mol. The lowest BCUT2D eigenvalue weighted by Gasteiger charge is -2.42. The molecule has 0 N–H and O–H groups in total. The van der Waals surface area contributed by atoms with E-state index < -0.39 is 0 Å². The first-order valence-electron chi connectivity index (χ1n) is 9.23. The van der Waals surface area contributed by atoms with Gasteiger partial charge in [0.2, 0.25) is 5.91 Å². The van der Waals surface area contributed by atoms with Crippen molar-refractivity contribution in [2.75, 3.05) is 39.3 Å². The van der Waals surface area contributed by atoms with E-state index in [1.165, 1.54) is 5.56 Å². The number of amides is 2. The van der Waals surface area contributed by atoms with Crippen LogP contribution in [-0.2, 0) is 11.3 Å². The van der Waals surface area contributed by atoms with Crippen molar-refractivity contribution in [3.05, 3.63) is 47.6 Å². The summed E-state index contributed by atoms with van der Waals surface area (Å²) in [7, 11) is 0. The highest BCUT2D eigenvalue weighted by Crippen LogP contribution is 2.22. The molecule has 8 heteroatoms. The van der Waals surface area contributed by atoms with Crippen molar-refractivity contribution in [3.8, 4) is 0 Å². The van der Waals surface area contributed by atoms with E-state index in [0.29, 0.717) is 24.5 Å². The first-order chi connectivity index (χ1) is 13.1.